The van der Waals surface area contributed by atoms with Gasteiger partial charge in [0.2, 0.25) is 0 Å². The number of benzene rings is 1. The fourth-order valence-corrected chi connectivity index (χ4v) is 3.15. The third-order valence-corrected chi connectivity index (χ3v) is 4.28. The molecule has 0 spiro atoms. The van der Waals surface area contributed by atoms with Gasteiger partial charge in [-0.05, 0) is 49.6 Å². The Balaban J connectivity index is 1.81. The third-order valence-electron chi connectivity index (χ3n) is 4.28. The minimum Gasteiger partial charge on any atom is -0.507 e. The Morgan fingerprint density at radius 3 is 2.75 bits per heavy atom. The van der Waals surface area contributed by atoms with E-state index in [9.17, 15) is 5.11 Å². The quantitative estimate of drug-likeness (QED) is 0.894. The van der Waals surface area contributed by atoms with Gasteiger partial charge in [-0.2, -0.15) is 0 Å². The molecule has 24 heavy (non-hydrogen) atoms. The van der Waals surface area contributed by atoms with Crippen molar-refractivity contribution in [3.05, 3.63) is 35.4 Å². The molecule has 1 unspecified atom stereocenters. The molecule has 1 aromatic carbocycles. The van der Waals surface area contributed by atoms with Crippen LogP contribution in [0.5, 0.6) is 5.75 Å². The number of hydrogen-bond acceptors (Lipinski definition) is 6. The van der Waals surface area contributed by atoms with Crippen LogP contribution in [0.2, 0.25) is 0 Å². The zero-order valence-corrected chi connectivity index (χ0v) is 14.1. The van der Waals surface area contributed by atoms with E-state index in [4.69, 9.17) is 9.84 Å². The van der Waals surface area contributed by atoms with E-state index < -0.39 is 0 Å². The largest absolute Gasteiger partial charge is 0.507 e. The molecule has 2 heterocycles. The molecule has 1 aliphatic heterocycles. The summed E-state index contributed by atoms with van der Waals surface area (Å²) in [6, 6.07) is 7.56. The highest BCUT2D eigenvalue weighted by Crippen LogP contribution is 2.32. The van der Waals surface area contributed by atoms with Gasteiger partial charge in [-0.3, -0.25) is 0 Å². The number of aromatic nitrogens is 2. The lowest BCUT2D eigenvalue weighted by Crippen LogP contribution is -2.43. The standard InChI is InChI=1S/C18H23N3O3/c1-12-9-13(2)18(16(23)10-12)15-3-4-17(20-19-15)21-6-8-24-14(11-21)5-7-22/h3-4,9-10,14,22-23H,5-8,11H2,1-2H3. The van der Waals surface area contributed by atoms with E-state index in [0.29, 0.717) is 25.3 Å². The molecule has 0 bridgehead atoms. The highest BCUT2D eigenvalue weighted by Gasteiger charge is 2.21. The number of aryl methyl sites for hydroxylation is 2. The number of ether oxygens (including phenoxy) is 1. The van der Waals surface area contributed by atoms with Gasteiger partial charge in [0.15, 0.2) is 5.82 Å². The average molecular weight is 329 g/mol. The van der Waals surface area contributed by atoms with Crippen LogP contribution in [-0.4, -0.2) is 52.8 Å². The molecule has 6 nitrogen and oxygen atoms in total. The molecule has 0 saturated carbocycles. The highest BCUT2D eigenvalue weighted by molar-refractivity contribution is 5.71. The number of morpholine rings is 1. The maximum absolute atomic E-state index is 10.2. The molecular formula is C18H23N3O3. The van der Waals surface area contributed by atoms with E-state index in [1.165, 1.54) is 0 Å². The number of anilines is 1. The first kappa shape index (κ1) is 16.7. The van der Waals surface area contributed by atoms with Gasteiger partial charge in [-0.25, -0.2) is 0 Å². The molecule has 1 saturated heterocycles. The molecule has 0 amide bonds. The van der Waals surface area contributed by atoms with Crippen molar-refractivity contribution in [2.24, 2.45) is 0 Å². The molecule has 1 fully saturated rings. The van der Waals surface area contributed by atoms with Crippen LogP contribution < -0.4 is 4.90 Å². The Morgan fingerprint density at radius 1 is 1.25 bits per heavy atom. The number of aliphatic hydroxyl groups is 1. The van der Waals surface area contributed by atoms with Crippen LogP contribution in [0.1, 0.15) is 17.5 Å². The van der Waals surface area contributed by atoms with Crippen molar-refractivity contribution >= 4 is 5.82 Å². The molecular weight excluding hydrogens is 306 g/mol. The van der Waals surface area contributed by atoms with Crippen molar-refractivity contribution < 1.29 is 14.9 Å². The van der Waals surface area contributed by atoms with E-state index in [1.807, 2.05) is 32.0 Å². The Labute approximate surface area is 141 Å². The predicted molar refractivity (Wildman–Crippen MR) is 92.3 cm³/mol. The van der Waals surface area contributed by atoms with Crippen molar-refractivity contribution in [3.63, 3.8) is 0 Å². The third kappa shape index (κ3) is 3.49. The number of nitrogens with zero attached hydrogens (tertiary/aromatic N) is 3. The fourth-order valence-electron chi connectivity index (χ4n) is 3.15. The monoisotopic (exact) mass is 329 g/mol. The van der Waals surface area contributed by atoms with E-state index in [-0.39, 0.29) is 18.5 Å². The molecule has 128 valence electrons. The van der Waals surface area contributed by atoms with Gasteiger partial charge in [0.25, 0.3) is 0 Å². The summed E-state index contributed by atoms with van der Waals surface area (Å²) in [6.45, 7) is 6.10. The predicted octanol–water partition coefficient (Wildman–Crippen LogP) is 2.05. The van der Waals surface area contributed by atoms with Crippen LogP contribution in [0.3, 0.4) is 0 Å². The normalized spacial score (nSPS) is 18.0. The molecule has 0 radical (unpaired) electrons. The van der Waals surface area contributed by atoms with Crippen molar-refractivity contribution in [1.82, 2.24) is 10.2 Å². The summed E-state index contributed by atoms with van der Waals surface area (Å²) in [5, 5.41) is 27.9. The van der Waals surface area contributed by atoms with Crippen LogP contribution in [0.25, 0.3) is 11.3 Å². The van der Waals surface area contributed by atoms with Gasteiger partial charge in [0.05, 0.1) is 18.4 Å². The minimum absolute atomic E-state index is 0.0219. The van der Waals surface area contributed by atoms with Gasteiger partial charge in [-0.1, -0.05) is 6.07 Å². The van der Waals surface area contributed by atoms with Crippen molar-refractivity contribution in [1.29, 1.82) is 0 Å². The molecule has 1 aromatic heterocycles. The molecule has 2 N–H and O–H groups in total. The summed E-state index contributed by atoms with van der Waals surface area (Å²) in [5.41, 5.74) is 3.37. The molecule has 2 aromatic rings. The Bertz CT molecular complexity index is 678. The van der Waals surface area contributed by atoms with E-state index in [1.54, 1.807) is 6.07 Å². The second-order valence-electron chi connectivity index (χ2n) is 6.20. The summed E-state index contributed by atoms with van der Waals surface area (Å²) >= 11 is 0. The van der Waals surface area contributed by atoms with Crippen LogP contribution in [0.4, 0.5) is 5.82 Å². The molecule has 0 aliphatic carbocycles. The topological polar surface area (TPSA) is 78.7 Å². The van der Waals surface area contributed by atoms with Crippen LogP contribution >= 0.6 is 0 Å². The zero-order chi connectivity index (χ0) is 17.1. The second kappa shape index (κ2) is 7.15. The average Bonchev–Trinajstić information content (AvgIpc) is 2.55. The fraction of sp³-hybridized carbons (Fsp3) is 0.444. The Morgan fingerprint density at radius 2 is 2.08 bits per heavy atom. The van der Waals surface area contributed by atoms with Gasteiger partial charge < -0.3 is 19.8 Å². The van der Waals surface area contributed by atoms with Crippen molar-refractivity contribution in [3.8, 4) is 17.0 Å². The van der Waals surface area contributed by atoms with Crippen molar-refractivity contribution in [2.45, 2.75) is 26.4 Å². The van der Waals surface area contributed by atoms with Gasteiger partial charge in [0, 0.05) is 25.3 Å². The molecule has 1 atom stereocenters. The van der Waals surface area contributed by atoms with E-state index in [0.717, 1.165) is 29.1 Å². The van der Waals surface area contributed by atoms with Crippen LogP contribution in [0, 0.1) is 13.8 Å². The summed E-state index contributed by atoms with van der Waals surface area (Å²) in [6.07, 6.45) is 0.645. The zero-order valence-electron chi connectivity index (χ0n) is 14.1. The lowest BCUT2D eigenvalue weighted by atomic mass is 10.0. The number of hydrogen-bond donors (Lipinski definition) is 2. The first-order chi connectivity index (χ1) is 11.6. The Kier molecular flexibility index (Phi) is 4.97. The molecule has 3 rings (SSSR count). The summed E-state index contributed by atoms with van der Waals surface area (Å²) < 4.78 is 5.62. The van der Waals surface area contributed by atoms with Gasteiger partial charge in [-0.15, -0.1) is 10.2 Å². The summed E-state index contributed by atoms with van der Waals surface area (Å²) in [5.74, 6) is 1.01. The first-order valence-electron chi connectivity index (χ1n) is 8.20. The van der Waals surface area contributed by atoms with Gasteiger partial charge in [0.1, 0.15) is 5.75 Å². The Hall–Kier alpha value is -2.18. The maximum Gasteiger partial charge on any atom is 0.151 e. The second-order valence-corrected chi connectivity index (χ2v) is 6.20. The lowest BCUT2D eigenvalue weighted by Gasteiger charge is -2.33. The summed E-state index contributed by atoms with van der Waals surface area (Å²) in [7, 11) is 0. The van der Waals surface area contributed by atoms with Crippen molar-refractivity contribution in [2.75, 3.05) is 31.2 Å². The number of aliphatic hydroxyl groups excluding tert-OH is 1. The smallest absolute Gasteiger partial charge is 0.151 e. The molecule has 1 aliphatic rings. The lowest BCUT2D eigenvalue weighted by molar-refractivity contribution is 0.0244. The number of phenols is 1. The van der Waals surface area contributed by atoms with Crippen LogP contribution in [0.15, 0.2) is 24.3 Å². The SMILES string of the molecule is Cc1cc(C)c(-c2ccc(N3CCOC(CCO)C3)nn2)c(O)c1. The summed E-state index contributed by atoms with van der Waals surface area (Å²) in [4.78, 5) is 2.11. The van der Waals surface area contributed by atoms with Crippen LogP contribution in [-0.2, 0) is 4.74 Å². The van der Waals surface area contributed by atoms with E-state index in [2.05, 4.69) is 15.1 Å². The van der Waals surface area contributed by atoms with E-state index >= 15 is 0 Å². The first-order valence-corrected chi connectivity index (χ1v) is 8.20. The highest BCUT2D eigenvalue weighted by atomic mass is 16.5. The number of aromatic hydroxyl groups is 1. The minimum atomic E-state index is 0.0219. The number of phenolic OH excluding ortho intramolecular Hbond substituents is 1. The maximum atomic E-state index is 10.2. The number of rotatable bonds is 4. The molecule has 6 heteroatoms. The van der Waals surface area contributed by atoms with Gasteiger partial charge >= 0.3 is 0 Å².